The van der Waals surface area contributed by atoms with Crippen molar-refractivity contribution in [3.63, 3.8) is 0 Å². The third-order valence-electron chi connectivity index (χ3n) is 0. The van der Waals surface area contributed by atoms with Gasteiger partial charge in [-0.1, -0.05) is 0 Å². The Morgan fingerprint density at radius 2 is 1.00 bits per heavy atom. The second-order valence-electron chi connectivity index (χ2n) is 0. The van der Waals surface area contributed by atoms with Gasteiger partial charge in [-0.3, -0.25) is 0 Å². The summed E-state index contributed by atoms with van der Waals surface area (Å²) in [6.45, 7) is 0. The van der Waals surface area contributed by atoms with Gasteiger partial charge >= 0.3 is 63.6 Å². The Kier molecular flexibility index (Phi) is 184. The molecule has 0 rings (SSSR count). The van der Waals surface area contributed by atoms with Crippen molar-refractivity contribution in [3.8, 4) is 0 Å². The van der Waals surface area contributed by atoms with E-state index in [4.69, 9.17) is 0 Å². The van der Waals surface area contributed by atoms with E-state index in [1.807, 2.05) is 0 Å². The van der Waals surface area contributed by atoms with Crippen molar-refractivity contribution in [2.45, 2.75) is 0 Å². The van der Waals surface area contributed by atoms with Crippen LogP contribution in [-0.2, 0) is 0 Å². The van der Waals surface area contributed by atoms with E-state index < -0.39 is 0 Å². The van der Waals surface area contributed by atoms with E-state index in [-0.39, 0.29) is 69.7 Å². The molecule has 28 valence electrons. The third kappa shape index (κ3) is 8.98. The Morgan fingerprint density at radius 3 is 1.00 bits per heavy atom. The number of hydrogen-bond donors (Lipinski definition) is 1. The van der Waals surface area contributed by atoms with Crippen molar-refractivity contribution in [2.24, 2.45) is 0 Å². The number of rotatable bonds is 0. The normalized spacial score (nSPS) is 0. The molecule has 0 aromatic carbocycles. The second-order valence-corrected chi connectivity index (χ2v) is 0. The summed E-state index contributed by atoms with van der Waals surface area (Å²) in [5.41, 5.74) is 0. The zero-order chi connectivity index (χ0) is 0. The predicted octanol–water partition coefficient (Wildman–Crippen LogP) is -3.39. The van der Waals surface area contributed by atoms with Crippen molar-refractivity contribution < 1.29 is 0 Å². The van der Waals surface area contributed by atoms with Crippen LogP contribution in [0.1, 0.15) is 0 Å². The summed E-state index contributed by atoms with van der Waals surface area (Å²) in [7, 11) is 0. The summed E-state index contributed by atoms with van der Waals surface area (Å²) in [6.07, 6.45) is 0. The average molecular weight is 286 g/mol. The summed E-state index contributed by atoms with van der Waals surface area (Å²) in [5, 5.41) is 0. The van der Waals surface area contributed by atoms with Crippen molar-refractivity contribution in [3.05, 3.63) is 0 Å². The standard InChI is InChI=1S/AsH3.Ga.In.H3N.6H/h1H3;;;1H3;;;;;;. The van der Waals surface area contributed by atoms with E-state index in [1.165, 1.54) is 0 Å². The molecule has 0 heterocycles. The van der Waals surface area contributed by atoms with Gasteiger partial charge in [-0.2, -0.15) is 0 Å². The van der Waals surface area contributed by atoms with E-state index >= 15 is 0 Å². The SMILES string of the molecule is N.[AsH3].[GaH3].[InH3]. The minimum atomic E-state index is 0. The molecule has 0 aliphatic rings. The molecule has 0 aromatic heterocycles. The van der Waals surface area contributed by atoms with E-state index in [0.29, 0.717) is 0 Å². The van der Waals surface area contributed by atoms with Crippen molar-refractivity contribution in [1.82, 2.24) is 6.15 Å². The molecular weight excluding hydrogens is 273 g/mol. The van der Waals surface area contributed by atoms with Crippen LogP contribution in [0.25, 0.3) is 0 Å². The summed E-state index contributed by atoms with van der Waals surface area (Å²) >= 11 is 0. The van der Waals surface area contributed by atoms with Crippen LogP contribution in [0.4, 0.5) is 0 Å². The van der Waals surface area contributed by atoms with Gasteiger partial charge < -0.3 is 6.15 Å². The molecule has 1 nitrogen and oxygen atoms in total. The van der Waals surface area contributed by atoms with E-state index in [0.717, 1.165) is 0 Å². The molecule has 0 aliphatic carbocycles. The number of hydrogen-bond acceptors (Lipinski definition) is 1. The molecule has 0 spiro atoms. The first kappa shape index (κ1) is 37.1. The van der Waals surface area contributed by atoms with Gasteiger partial charge in [-0.05, 0) is 0 Å². The topological polar surface area (TPSA) is 35.0 Å². The quantitative estimate of drug-likeness (QED) is 0.463. The van der Waals surface area contributed by atoms with Crippen molar-refractivity contribution in [2.75, 3.05) is 0 Å². The molecule has 0 fully saturated rings. The van der Waals surface area contributed by atoms with Crippen LogP contribution in [-0.4, -0.2) is 63.6 Å². The molecule has 0 saturated heterocycles. The van der Waals surface area contributed by atoms with Gasteiger partial charge in [0, 0.05) is 0 Å². The van der Waals surface area contributed by atoms with Gasteiger partial charge in [0.05, 0.1) is 0 Å². The van der Waals surface area contributed by atoms with Gasteiger partial charge in [0.25, 0.3) is 0 Å². The average Bonchev–Trinajstić information content (AvgIpc) is 0. The summed E-state index contributed by atoms with van der Waals surface area (Å²) in [4.78, 5) is 0. The molecule has 3 N–H and O–H groups in total. The van der Waals surface area contributed by atoms with Crippen LogP contribution < -0.4 is 6.15 Å². The van der Waals surface area contributed by atoms with Crippen molar-refractivity contribution in [1.29, 1.82) is 0 Å². The van der Waals surface area contributed by atoms with E-state index in [9.17, 15) is 0 Å². The molecule has 4 heteroatoms. The van der Waals surface area contributed by atoms with E-state index in [2.05, 4.69) is 0 Å². The van der Waals surface area contributed by atoms with Gasteiger partial charge in [-0.15, -0.1) is 0 Å². The molecular formula is H12AsGaInN. The summed E-state index contributed by atoms with van der Waals surface area (Å²) in [5.74, 6) is 0. The molecule has 0 amide bonds. The molecule has 1 atom stereocenters. The summed E-state index contributed by atoms with van der Waals surface area (Å²) in [6, 6.07) is 0. The fraction of sp³-hybridized carbons (Fsp3) is 0. The van der Waals surface area contributed by atoms with Crippen molar-refractivity contribution >= 4 is 63.6 Å². The van der Waals surface area contributed by atoms with Gasteiger partial charge in [-0.25, -0.2) is 0 Å². The monoisotopic (exact) mass is 285 g/mol. The van der Waals surface area contributed by atoms with Crippen LogP contribution in [0.15, 0.2) is 0 Å². The van der Waals surface area contributed by atoms with Crippen LogP contribution in [0.2, 0.25) is 0 Å². The van der Waals surface area contributed by atoms with Gasteiger partial charge in [0.1, 0.15) is 0 Å². The maximum atomic E-state index is 0. The summed E-state index contributed by atoms with van der Waals surface area (Å²) < 4.78 is 0. The Morgan fingerprint density at radius 1 is 1.00 bits per heavy atom. The first-order chi connectivity index (χ1) is 0. The first-order valence-electron chi connectivity index (χ1n) is 0. The Bertz CT molecular complexity index is 8.00. The Balaban J connectivity index is 0. The predicted molar refractivity (Wildman–Crippen MR) is 34.8 cm³/mol. The maximum absolute atomic E-state index is 0. The zero-order valence-corrected chi connectivity index (χ0v) is 4.38. The molecule has 0 bridgehead atoms. The van der Waals surface area contributed by atoms with E-state index in [1.54, 1.807) is 0 Å². The molecule has 0 saturated carbocycles. The first-order valence-corrected chi connectivity index (χ1v) is 0. The molecule has 0 aromatic rings. The van der Waals surface area contributed by atoms with Crippen LogP contribution in [0.3, 0.4) is 0 Å². The fourth-order valence-electron chi connectivity index (χ4n) is 0. The molecule has 1 unspecified atom stereocenters. The fourth-order valence-corrected chi connectivity index (χ4v) is 0. The molecule has 0 radical (unpaired) electrons. The van der Waals surface area contributed by atoms with Crippen LogP contribution in [0.5, 0.6) is 0 Å². The van der Waals surface area contributed by atoms with Crippen LogP contribution >= 0.6 is 0 Å². The Hall–Kier alpha value is 2.02. The van der Waals surface area contributed by atoms with Gasteiger partial charge in [0.15, 0.2) is 0 Å². The zero-order valence-electron chi connectivity index (χ0n) is 1.41. The van der Waals surface area contributed by atoms with Gasteiger partial charge in [0.2, 0.25) is 0 Å². The second kappa shape index (κ2) is 19.9. The molecule has 0 aliphatic heterocycles. The van der Waals surface area contributed by atoms with Crippen LogP contribution in [0, 0.1) is 0 Å². The Labute approximate surface area is 69.0 Å². The third-order valence-corrected chi connectivity index (χ3v) is 0. The molecule has 4 heavy (non-hydrogen) atoms. The minimum absolute atomic E-state index is 0.